The standard InChI is InChI=1S/C15H19N3/c16-10-13-9-12-3-1-2-4-14(12)18-15(13)17-8-7-11-5-6-11/h9,11H,1-8H2,(H,17,18). The van der Waals surface area contributed by atoms with Crippen molar-refractivity contribution >= 4 is 5.82 Å². The van der Waals surface area contributed by atoms with E-state index in [1.807, 2.05) is 6.07 Å². The van der Waals surface area contributed by atoms with Crippen LogP contribution < -0.4 is 5.32 Å². The molecule has 1 fully saturated rings. The third-order valence-electron chi connectivity index (χ3n) is 3.96. The number of pyridine rings is 1. The Morgan fingerprint density at radius 1 is 1.33 bits per heavy atom. The van der Waals surface area contributed by atoms with Crippen LogP contribution in [0.1, 0.15) is 48.9 Å². The first-order valence-corrected chi connectivity index (χ1v) is 7.03. The normalized spacial score (nSPS) is 17.9. The molecule has 1 aromatic heterocycles. The minimum Gasteiger partial charge on any atom is -0.369 e. The average molecular weight is 241 g/mol. The van der Waals surface area contributed by atoms with Crippen molar-refractivity contribution in [3.8, 4) is 6.07 Å². The van der Waals surface area contributed by atoms with E-state index in [0.29, 0.717) is 5.56 Å². The van der Waals surface area contributed by atoms with E-state index in [2.05, 4.69) is 16.4 Å². The topological polar surface area (TPSA) is 48.7 Å². The van der Waals surface area contributed by atoms with Gasteiger partial charge in [0.05, 0.1) is 5.56 Å². The molecule has 0 aromatic carbocycles. The molecule has 1 saturated carbocycles. The van der Waals surface area contributed by atoms with Crippen molar-refractivity contribution in [2.45, 2.75) is 44.9 Å². The number of aryl methyl sites for hydroxylation is 2. The fourth-order valence-corrected chi connectivity index (χ4v) is 2.65. The summed E-state index contributed by atoms with van der Waals surface area (Å²) < 4.78 is 0. The molecule has 94 valence electrons. The zero-order valence-corrected chi connectivity index (χ0v) is 10.7. The van der Waals surface area contributed by atoms with Gasteiger partial charge in [-0.1, -0.05) is 12.8 Å². The van der Waals surface area contributed by atoms with E-state index < -0.39 is 0 Å². The summed E-state index contributed by atoms with van der Waals surface area (Å²) in [7, 11) is 0. The highest BCUT2D eigenvalue weighted by molar-refractivity contribution is 5.54. The number of hydrogen-bond acceptors (Lipinski definition) is 3. The Morgan fingerprint density at radius 2 is 2.17 bits per heavy atom. The molecule has 0 saturated heterocycles. The first-order chi connectivity index (χ1) is 8.86. The van der Waals surface area contributed by atoms with Gasteiger partial charge in [0.2, 0.25) is 0 Å². The van der Waals surface area contributed by atoms with Crippen LogP contribution in [-0.2, 0) is 12.8 Å². The molecule has 2 aliphatic rings. The van der Waals surface area contributed by atoms with E-state index in [1.165, 1.54) is 43.4 Å². The van der Waals surface area contributed by atoms with Crippen molar-refractivity contribution in [1.29, 1.82) is 5.26 Å². The van der Waals surface area contributed by atoms with Gasteiger partial charge in [-0.15, -0.1) is 0 Å². The number of anilines is 1. The third kappa shape index (κ3) is 2.48. The summed E-state index contributed by atoms with van der Waals surface area (Å²) in [6.07, 6.45) is 8.58. The van der Waals surface area contributed by atoms with E-state index >= 15 is 0 Å². The number of rotatable bonds is 4. The molecule has 1 heterocycles. The van der Waals surface area contributed by atoms with Gasteiger partial charge in [-0.05, 0) is 49.7 Å². The Balaban J connectivity index is 1.75. The first kappa shape index (κ1) is 11.5. The molecule has 0 spiro atoms. The Morgan fingerprint density at radius 3 is 2.94 bits per heavy atom. The fraction of sp³-hybridized carbons (Fsp3) is 0.600. The van der Waals surface area contributed by atoms with Crippen LogP contribution >= 0.6 is 0 Å². The number of aromatic nitrogens is 1. The Kier molecular flexibility index (Phi) is 3.19. The van der Waals surface area contributed by atoms with Gasteiger partial charge in [-0.25, -0.2) is 4.98 Å². The average Bonchev–Trinajstić information content (AvgIpc) is 3.22. The maximum absolute atomic E-state index is 9.21. The monoisotopic (exact) mass is 241 g/mol. The van der Waals surface area contributed by atoms with E-state index in [9.17, 15) is 5.26 Å². The van der Waals surface area contributed by atoms with Gasteiger partial charge in [0.25, 0.3) is 0 Å². The maximum atomic E-state index is 9.21. The van der Waals surface area contributed by atoms with E-state index in [-0.39, 0.29) is 0 Å². The minimum absolute atomic E-state index is 0.714. The summed E-state index contributed by atoms with van der Waals surface area (Å²) in [4.78, 5) is 4.67. The lowest BCUT2D eigenvalue weighted by atomic mass is 9.95. The number of nitrogens with zero attached hydrogens (tertiary/aromatic N) is 2. The molecule has 1 aromatic rings. The predicted molar refractivity (Wildman–Crippen MR) is 71.4 cm³/mol. The van der Waals surface area contributed by atoms with Gasteiger partial charge in [0.1, 0.15) is 11.9 Å². The highest BCUT2D eigenvalue weighted by atomic mass is 15.0. The highest BCUT2D eigenvalue weighted by Gasteiger charge is 2.21. The molecule has 2 aliphatic carbocycles. The molecule has 1 N–H and O–H groups in total. The van der Waals surface area contributed by atoms with E-state index in [4.69, 9.17) is 0 Å². The molecule has 0 amide bonds. The molecular weight excluding hydrogens is 222 g/mol. The molecular formula is C15H19N3. The van der Waals surface area contributed by atoms with Crippen molar-refractivity contribution in [3.05, 3.63) is 22.9 Å². The summed E-state index contributed by atoms with van der Waals surface area (Å²) >= 11 is 0. The van der Waals surface area contributed by atoms with Crippen molar-refractivity contribution in [3.63, 3.8) is 0 Å². The molecule has 0 unspecified atom stereocenters. The molecule has 3 nitrogen and oxygen atoms in total. The summed E-state index contributed by atoms with van der Waals surface area (Å²) in [5.74, 6) is 1.72. The zero-order chi connectivity index (χ0) is 12.4. The second-order valence-corrected chi connectivity index (χ2v) is 5.47. The van der Waals surface area contributed by atoms with Crippen LogP contribution in [0.15, 0.2) is 6.07 Å². The predicted octanol–water partition coefficient (Wildman–Crippen LogP) is 3.04. The molecule has 0 radical (unpaired) electrons. The van der Waals surface area contributed by atoms with Gasteiger partial charge in [0, 0.05) is 12.2 Å². The van der Waals surface area contributed by atoms with Gasteiger partial charge in [0.15, 0.2) is 0 Å². The lowest BCUT2D eigenvalue weighted by molar-refractivity contribution is 0.667. The van der Waals surface area contributed by atoms with Gasteiger partial charge < -0.3 is 5.32 Å². The van der Waals surface area contributed by atoms with Crippen LogP contribution in [0.5, 0.6) is 0 Å². The number of fused-ring (bicyclic) bond motifs is 1. The lowest BCUT2D eigenvalue weighted by Crippen LogP contribution is -2.11. The number of nitriles is 1. The smallest absolute Gasteiger partial charge is 0.144 e. The second-order valence-electron chi connectivity index (χ2n) is 5.47. The van der Waals surface area contributed by atoms with Crippen LogP contribution in [-0.4, -0.2) is 11.5 Å². The van der Waals surface area contributed by atoms with Crippen LogP contribution in [0.2, 0.25) is 0 Å². The number of nitrogens with one attached hydrogen (secondary N) is 1. The third-order valence-corrected chi connectivity index (χ3v) is 3.96. The molecule has 3 heteroatoms. The van der Waals surface area contributed by atoms with E-state index in [1.54, 1.807) is 0 Å². The van der Waals surface area contributed by atoms with Crippen molar-refractivity contribution < 1.29 is 0 Å². The molecule has 18 heavy (non-hydrogen) atoms. The molecule has 0 aliphatic heterocycles. The van der Waals surface area contributed by atoms with E-state index in [0.717, 1.165) is 31.1 Å². The van der Waals surface area contributed by atoms with Crippen molar-refractivity contribution in [2.75, 3.05) is 11.9 Å². The maximum Gasteiger partial charge on any atom is 0.144 e. The number of hydrogen-bond donors (Lipinski definition) is 1. The van der Waals surface area contributed by atoms with Gasteiger partial charge in [-0.3, -0.25) is 0 Å². The zero-order valence-electron chi connectivity index (χ0n) is 10.7. The van der Waals surface area contributed by atoms with Crippen LogP contribution in [0.3, 0.4) is 0 Å². The summed E-state index contributed by atoms with van der Waals surface area (Å²) in [5.41, 5.74) is 3.20. The second kappa shape index (κ2) is 4.97. The summed E-state index contributed by atoms with van der Waals surface area (Å²) in [6.45, 7) is 0.950. The Bertz CT molecular complexity index is 483. The summed E-state index contributed by atoms with van der Waals surface area (Å²) in [5, 5.41) is 12.6. The largest absolute Gasteiger partial charge is 0.369 e. The molecule has 0 atom stereocenters. The van der Waals surface area contributed by atoms with Crippen molar-refractivity contribution in [2.24, 2.45) is 5.92 Å². The van der Waals surface area contributed by atoms with Crippen LogP contribution in [0.25, 0.3) is 0 Å². The van der Waals surface area contributed by atoms with Crippen molar-refractivity contribution in [1.82, 2.24) is 4.98 Å². The SMILES string of the molecule is N#Cc1cc2c(nc1NCCC1CC1)CCCC2. The highest BCUT2D eigenvalue weighted by Crippen LogP contribution is 2.32. The quantitative estimate of drug-likeness (QED) is 0.881. The van der Waals surface area contributed by atoms with Gasteiger partial charge in [-0.2, -0.15) is 5.26 Å². The Labute approximate surface area is 108 Å². The van der Waals surface area contributed by atoms with Crippen LogP contribution in [0.4, 0.5) is 5.82 Å². The lowest BCUT2D eigenvalue weighted by Gasteiger charge is -2.17. The summed E-state index contributed by atoms with van der Waals surface area (Å²) in [6, 6.07) is 4.32. The first-order valence-electron chi connectivity index (χ1n) is 7.03. The fourth-order valence-electron chi connectivity index (χ4n) is 2.65. The Hall–Kier alpha value is -1.56. The minimum atomic E-state index is 0.714. The molecule has 3 rings (SSSR count). The van der Waals surface area contributed by atoms with Gasteiger partial charge >= 0.3 is 0 Å². The molecule has 0 bridgehead atoms. The van der Waals surface area contributed by atoms with Crippen LogP contribution in [0, 0.1) is 17.2 Å².